The second kappa shape index (κ2) is 5.14. The molecule has 21 heavy (non-hydrogen) atoms. The fourth-order valence-corrected chi connectivity index (χ4v) is 3.14. The minimum atomic E-state index is -0.322. The molecule has 3 rings (SSSR count). The van der Waals surface area contributed by atoms with Crippen molar-refractivity contribution in [3.8, 4) is 0 Å². The van der Waals surface area contributed by atoms with E-state index in [0.29, 0.717) is 17.7 Å². The van der Waals surface area contributed by atoms with Crippen LogP contribution in [-0.2, 0) is 20.6 Å². The highest BCUT2D eigenvalue weighted by Gasteiger charge is 2.22. The monoisotopic (exact) mass is 292 g/mol. The van der Waals surface area contributed by atoms with Crippen molar-refractivity contribution in [1.82, 2.24) is 18.7 Å². The minimum Gasteiger partial charge on any atom is -0.393 e. The summed E-state index contributed by atoms with van der Waals surface area (Å²) < 4.78 is 4.39. The molecule has 2 aromatic heterocycles. The maximum Gasteiger partial charge on any atom is 0.332 e. The number of aliphatic hydroxyl groups is 1. The van der Waals surface area contributed by atoms with Crippen molar-refractivity contribution in [2.75, 3.05) is 0 Å². The zero-order valence-corrected chi connectivity index (χ0v) is 12.3. The molecule has 0 aromatic carbocycles. The first kappa shape index (κ1) is 14.1. The first-order valence-corrected chi connectivity index (χ1v) is 7.28. The molecule has 114 valence electrons. The van der Waals surface area contributed by atoms with Gasteiger partial charge in [0, 0.05) is 20.6 Å². The third kappa shape index (κ3) is 2.31. The van der Waals surface area contributed by atoms with Crippen LogP contribution in [0, 0.1) is 5.92 Å². The van der Waals surface area contributed by atoms with Crippen LogP contribution in [0.3, 0.4) is 0 Å². The van der Waals surface area contributed by atoms with Crippen LogP contribution in [0.2, 0.25) is 0 Å². The van der Waals surface area contributed by atoms with E-state index < -0.39 is 0 Å². The van der Waals surface area contributed by atoms with Crippen LogP contribution in [0.1, 0.15) is 25.7 Å². The number of aromatic nitrogens is 4. The van der Waals surface area contributed by atoms with E-state index in [9.17, 15) is 14.7 Å². The molecule has 1 aliphatic carbocycles. The maximum absolute atomic E-state index is 12.6. The molecule has 7 nitrogen and oxygen atoms in total. The van der Waals surface area contributed by atoms with Crippen LogP contribution in [0.5, 0.6) is 0 Å². The van der Waals surface area contributed by atoms with Gasteiger partial charge in [-0.2, -0.15) is 0 Å². The average Bonchev–Trinajstić information content (AvgIpc) is 2.85. The fourth-order valence-electron chi connectivity index (χ4n) is 3.14. The van der Waals surface area contributed by atoms with E-state index in [2.05, 4.69) is 4.98 Å². The number of hydrogen-bond acceptors (Lipinski definition) is 4. The van der Waals surface area contributed by atoms with Gasteiger partial charge >= 0.3 is 5.69 Å². The number of imidazole rings is 1. The predicted octanol–water partition coefficient (Wildman–Crippen LogP) is -0.0152. The summed E-state index contributed by atoms with van der Waals surface area (Å²) >= 11 is 0. The zero-order chi connectivity index (χ0) is 15.1. The van der Waals surface area contributed by atoms with Crippen LogP contribution >= 0.6 is 0 Å². The van der Waals surface area contributed by atoms with E-state index in [-0.39, 0.29) is 23.3 Å². The van der Waals surface area contributed by atoms with Gasteiger partial charge < -0.3 is 9.67 Å². The minimum absolute atomic E-state index is 0.236. The van der Waals surface area contributed by atoms with Crippen LogP contribution in [-0.4, -0.2) is 29.9 Å². The van der Waals surface area contributed by atoms with Gasteiger partial charge in [-0.15, -0.1) is 0 Å². The Balaban J connectivity index is 2.04. The molecule has 0 saturated heterocycles. The Labute approximate surface area is 121 Å². The average molecular weight is 292 g/mol. The van der Waals surface area contributed by atoms with Gasteiger partial charge in [0.15, 0.2) is 11.2 Å². The first-order valence-electron chi connectivity index (χ1n) is 7.28. The van der Waals surface area contributed by atoms with Crippen molar-refractivity contribution < 1.29 is 5.11 Å². The predicted molar refractivity (Wildman–Crippen MR) is 78.2 cm³/mol. The Morgan fingerprint density at radius 1 is 1.24 bits per heavy atom. The van der Waals surface area contributed by atoms with E-state index in [1.807, 2.05) is 0 Å². The molecule has 0 unspecified atom stereocenters. The van der Waals surface area contributed by atoms with Crippen molar-refractivity contribution in [2.45, 2.75) is 38.3 Å². The molecule has 1 fully saturated rings. The van der Waals surface area contributed by atoms with Gasteiger partial charge in [0.2, 0.25) is 0 Å². The summed E-state index contributed by atoms with van der Waals surface area (Å²) in [5.41, 5.74) is 0.271. The van der Waals surface area contributed by atoms with Crippen molar-refractivity contribution in [2.24, 2.45) is 20.0 Å². The number of fused-ring (bicyclic) bond motifs is 1. The van der Waals surface area contributed by atoms with Crippen LogP contribution < -0.4 is 11.2 Å². The van der Waals surface area contributed by atoms with Crippen molar-refractivity contribution in [1.29, 1.82) is 0 Å². The number of rotatable bonds is 2. The smallest absolute Gasteiger partial charge is 0.332 e. The standard InChI is InChI=1S/C14H20N4O3/c1-16-8-15-12-11(16)13(20)18(14(21)17(12)2)7-9-3-5-10(19)6-4-9/h8-10,19H,3-7H2,1-2H3. The highest BCUT2D eigenvalue weighted by Crippen LogP contribution is 2.24. The largest absolute Gasteiger partial charge is 0.393 e. The lowest BCUT2D eigenvalue weighted by Gasteiger charge is -2.25. The SMILES string of the molecule is Cn1cnc2c1c(=O)n(CC1CCC(O)CC1)c(=O)n2C. The number of hydrogen-bond donors (Lipinski definition) is 1. The summed E-state index contributed by atoms with van der Waals surface area (Å²) in [7, 11) is 3.39. The molecule has 0 radical (unpaired) electrons. The Morgan fingerprint density at radius 2 is 1.90 bits per heavy atom. The van der Waals surface area contributed by atoms with Gasteiger partial charge in [0.05, 0.1) is 12.4 Å². The van der Waals surface area contributed by atoms with E-state index >= 15 is 0 Å². The lowest BCUT2D eigenvalue weighted by molar-refractivity contribution is 0.103. The summed E-state index contributed by atoms with van der Waals surface area (Å²) in [6.45, 7) is 0.416. The quantitative estimate of drug-likeness (QED) is 0.843. The molecule has 0 bridgehead atoms. The van der Waals surface area contributed by atoms with E-state index in [0.717, 1.165) is 25.7 Å². The van der Waals surface area contributed by atoms with E-state index in [4.69, 9.17) is 0 Å². The number of nitrogens with zero attached hydrogens (tertiary/aromatic N) is 4. The molecule has 1 N–H and O–H groups in total. The van der Waals surface area contributed by atoms with Gasteiger partial charge in [-0.1, -0.05) is 0 Å². The van der Waals surface area contributed by atoms with Gasteiger partial charge in [-0.25, -0.2) is 9.78 Å². The highest BCUT2D eigenvalue weighted by molar-refractivity contribution is 5.69. The Hall–Kier alpha value is -1.89. The fraction of sp³-hybridized carbons (Fsp3) is 0.643. The summed E-state index contributed by atoms with van der Waals surface area (Å²) in [6, 6.07) is 0. The second-order valence-electron chi connectivity index (χ2n) is 5.96. The molecule has 0 amide bonds. The zero-order valence-electron chi connectivity index (χ0n) is 12.3. The number of aliphatic hydroxyl groups excluding tert-OH is 1. The van der Waals surface area contributed by atoms with Crippen molar-refractivity contribution in [3.63, 3.8) is 0 Å². The molecule has 0 aliphatic heterocycles. The molecule has 1 saturated carbocycles. The maximum atomic E-state index is 12.6. The van der Waals surface area contributed by atoms with Gasteiger partial charge in [-0.05, 0) is 31.6 Å². The molecular formula is C14H20N4O3. The van der Waals surface area contributed by atoms with E-state index in [1.54, 1.807) is 25.0 Å². The molecule has 7 heteroatoms. The van der Waals surface area contributed by atoms with Crippen LogP contribution in [0.4, 0.5) is 0 Å². The summed E-state index contributed by atoms with van der Waals surface area (Å²) in [6.07, 6.45) is 4.49. The van der Waals surface area contributed by atoms with Crippen LogP contribution in [0.25, 0.3) is 11.2 Å². The molecule has 0 spiro atoms. The Bertz CT molecular complexity index is 778. The third-order valence-corrected chi connectivity index (χ3v) is 4.46. The van der Waals surface area contributed by atoms with E-state index in [1.165, 1.54) is 9.13 Å². The molecular weight excluding hydrogens is 272 g/mol. The third-order valence-electron chi connectivity index (χ3n) is 4.46. The van der Waals surface area contributed by atoms with Gasteiger partial charge in [0.1, 0.15) is 0 Å². The molecule has 2 aromatic rings. The van der Waals surface area contributed by atoms with Crippen LogP contribution in [0.15, 0.2) is 15.9 Å². The summed E-state index contributed by atoms with van der Waals surface area (Å²) in [5.74, 6) is 0.268. The highest BCUT2D eigenvalue weighted by atomic mass is 16.3. The molecule has 1 aliphatic rings. The molecule has 0 atom stereocenters. The van der Waals surface area contributed by atoms with Gasteiger partial charge in [-0.3, -0.25) is 13.9 Å². The number of aryl methyl sites for hydroxylation is 2. The Morgan fingerprint density at radius 3 is 2.57 bits per heavy atom. The lowest BCUT2D eigenvalue weighted by Crippen LogP contribution is -2.41. The normalized spacial score (nSPS) is 22.8. The van der Waals surface area contributed by atoms with Gasteiger partial charge in [0.25, 0.3) is 5.56 Å². The Kier molecular flexibility index (Phi) is 3.44. The second-order valence-corrected chi connectivity index (χ2v) is 5.96. The lowest BCUT2D eigenvalue weighted by atomic mass is 9.87. The summed E-state index contributed by atoms with van der Waals surface area (Å²) in [5, 5.41) is 9.55. The first-order chi connectivity index (χ1) is 9.99. The summed E-state index contributed by atoms with van der Waals surface area (Å²) in [4.78, 5) is 29.1. The van der Waals surface area contributed by atoms with Crippen molar-refractivity contribution in [3.05, 3.63) is 27.2 Å². The topological polar surface area (TPSA) is 82.1 Å². The molecule has 2 heterocycles. The van der Waals surface area contributed by atoms with Crippen molar-refractivity contribution >= 4 is 11.2 Å².